The molecule has 0 aliphatic carbocycles. The van der Waals surface area contributed by atoms with E-state index in [-0.39, 0.29) is 0 Å². The molecule has 0 amide bonds. The highest BCUT2D eigenvalue weighted by Crippen LogP contribution is 2.37. The van der Waals surface area contributed by atoms with Gasteiger partial charge in [-0.15, -0.1) is 22.7 Å². The monoisotopic (exact) mass is 600 g/mol. The minimum atomic E-state index is 0.730. The van der Waals surface area contributed by atoms with Gasteiger partial charge in [0.15, 0.2) is 11.6 Å². The van der Waals surface area contributed by atoms with Crippen LogP contribution in [0.1, 0.15) is 0 Å². The van der Waals surface area contributed by atoms with Gasteiger partial charge in [0.1, 0.15) is 0 Å². The zero-order valence-electron chi connectivity index (χ0n) is 23.5. The summed E-state index contributed by atoms with van der Waals surface area (Å²) >= 11 is 3.30. The third kappa shape index (κ3) is 5.00. The lowest BCUT2D eigenvalue weighted by Crippen LogP contribution is -1.97. The summed E-state index contributed by atoms with van der Waals surface area (Å²) in [6.45, 7) is 0. The van der Waals surface area contributed by atoms with Crippen LogP contribution in [0.3, 0.4) is 0 Å². The van der Waals surface area contributed by atoms with Crippen LogP contribution in [0.25, 0.3) is 77.2 Å². The van der Waals surface area contributed by atoms with Gasteiger partial charge in [-0.3, -0.25) is 0 Å². The Morgan fingerprint density at radius 1 is 0.364 bits per heavy atom. The number of thiophene rings is 2. The summed E-state index contributed by atoms with van der Waals surface area (Å²) < 4.78 is 0. The lowest BCUT2D eigenvalue weighted by molar-refractivity contribution is 1.19. The number of fused-ring (bicyclic) bond motifs is 1. The predicted octanol–water partition coefficient (Wildman–Crippen LogP) is 10.5. The second kappa shape index (κ2) is 11.4. The van der Waals surface area contributed by atoms with E-state index in [2.05, 4.69) is 95.7 Å². The van der Waals surface area contributed by atoms with Crippen LogP contribution in [0.2, 0.25) is 0 Å². The molecule has 4 aromatic heterocycles. The van der Waals surface area contributed by atoms with E-state index in [9.17, 15) is 0 Å². The molecule has 4 heterocycles. The average Bonchev–Trinajstić information content (AvgIpc) is 3.84. The molecular weight excluding hydrogens is 577 g/mol. The SMILES string of the molecule is c1ccc(-c2cc(-c3cccc4c(-c5cc(-c6ccccc6)nc(-c6cccs6)n5)cccc34)nc(-c3cccs3)n2)cc1. The maximum absolute atomic E-state index is 5.10. The van der Waals surface area contributed by atoms with Gasteiger partial charge in [0, 0.05) is 22.3 Å². The van der Waals surface area contributed by atoms with Gasteiger partial charge in [-0.25, -0.2) is 19.9 Å². The van der Waals surface area contributed by atoms with Crippen molar-refractivity contribution in [2.24, 2.45) is 0 Å². The van der Waals surface area contributed by atoms with Gasteiger partial charge < -0.3 is 0 Å². The maximum atomic E-state index is 5.10. The minimum Gasteiger partial charge on any atom is -0.227 e. The van der Waals surface area contributed by atoms with E-state index in [1.54, 1.807) is 22.7 Å². The van der Waals surface area contributed by atoms with Gasteiger partial charge in [0.2, 0.25) is 0 Å². The van der Waals surface area contributed by atoms with Gasteiger partial charge in [-0.05, 0) is 45.8 Å². The molecule has 0 bridgehead atoms. The lowest BCUT2D eigenvalue weighted by atomic mass is 9.95. The number of hydrogen-bond acceptors (Lipinski definition) is 6. The fourth-order valence-corrected chi connectivity index (χ4v) is 6.79. The van der Waals surface area contributed by atoms with Gasteiger partial charge in [0.05, 0.1) is 32.5 Å². The van der Waals surface area contributed by atoms with Crippen molar-refractivity contribution < 1.29 is 0 Å². The highest BCUT2D eigenvalue weighted by Gasteiger charge is 2.17. The van der Waals surface area contributed by atoms with Crippen LogP contribution in [0.15, 0.2) is 144 Å². The first kappa shape index (κ1) is 26.3. The Morgan fingerprint density at radius 2 is 0.795 bits per heavy atom. The molecule has 0 atom stereocenters. The molecule has 6 heteroatoms. The smallest absolute Gasteiger partial charge is 0.170 e. The van der Waals surface area contributed by atoms with Crippen molar-refractivity contribution in [3.8, 4) is 66.4 Å². The van der Waals surface area contributed by atoms with E-state index in [0.29, 0.717) is 0 Å². The molecule has 0 N–H and O–H groups in total. The Kier molecular flexibility index (Phi) is 6.83. The quantitative estimate of drug-likeness (QED) is 0.191. The molecule has 0 aliphatic heterocycles. The Bertz CT molecular complexity index is 2050. The van der Waals surface area contributed by atoms with E-state index in [0.717, 1.165) is 77.2 Å². The minimum absolute atomic E-state index is 0.730. The molecule has 0 unspecified atom stereocenters. The van der Waals surface area contributed by atoms with Crippen molar-refractivity contribution in [1.29, 1.82) is 0 Å². The predicted molar refractivity (Wildman–Crippen MR) is 183 cm³/mol. The van der Waals surface area contributed by atoms with Crippen molar-refractivity contribution >= 4 is 33.4 Å². The summed E-state index contributed by atoms with van der Waals surface area (Å²) in [6.07, 6.45) is 0. The van der Waals surface area contributed by atoms with Gasteiger partial charge in [-0.2, -0.15) is 0 Å². The number of aromatic nitrogens is 4. The molecule has 0 saturated heterocycles. The lowest BCUT2D eigenvalue weighted by Gasteiger charge is -2.13. The molecule has 8 aromatic rings. The molecule has 208 valence electrons. The van der Waals surface area contributed by atoms with Gasteiger partial charge in [0.25, 0.3) is 0 Å². The molecule has 0 fully saturated rings. The zero-order valence-corrected chi connectivity index (χ0v) is 25.1. The summed E-state index contributed by atoms with van der Waals surface area (Å²) in [5, 5.41) is 6.34. The van der Waals surface area contributed by atoms with Crippen LogP contribution in [-0.2, 0) is 0 Å². The highest BCUT2D eigenvalue weighted by molar-refractivity contribution is 7.13. The maximum Gasteiger partial charge on any atom is 0.170 e. The van der Waals surface area contributed by atoms with Crippen LogP contribution in [-0.4, -0.2) is 19.9 Å². The van der Waals surface area contributed by atoms with Crippen molar-refractivity contribution in [3.63, 3.8) is 0 Å². The Morgan fingerprint density at radius 3 is 1.20 bits per heavy atom. The van der Waals surface area contributed by atoms with Crippen LogP contribution in [0.5, 0.6) is 0 Å². The topological polar surface area (TPSA) is 51.6 Å². The normalized spacial score (nSPS) is 11.2. The molecule has 0 radical (unpaired) electrons. The summed E-state index contributed by atoms with van der Waals surface area (Å²) in [5.74, 6) is 1.46. The standard InChI is InChI=1S/C38H24N4S2/c1-3-11-25(12-4-1)31-23-33(41-37(39-31)35-19-9-21-43-35)29-17-7-16-28-27(29)15-8-18-30(28)34-24-32(26-13-5-2-6-14-26)40-38(42-34)36-20-10-22-44-36/h1-24H. The van der Waals surface area contributed by atoms with E-state index >= 15 is 0 Å². The van der Waals surface area contributed by atoms with Crippen molar-refractivity contribution in [2.45, 2.75) is 0 Å². The third-order valence-electron chi connectivity index (χ3n) is 7.55. The second-order valence-corrected chi connectivity index (χ2v) is 12.2. The van der Waals surface area contributed by atoms with Crippen LogP contribution >= 0.6 is 22.7 Å². The molecule has 8 rings (SSSR count). The van der Waals surface area contributed by atoms with Crippen molar-refractivity contribution in [1.82, 2.24) is 19.9 Å². The Balaban J connectivity index is 1.33. The number of nitrogens with zero attached hydrogens (tertiary/aromatic N) is 4. The third-order valence-corrected chi connectivity index (χ3v) is 9.28. The van der Waals surface area contributed by atoms with Gasteiger partial charge in [-0.1, -0.05) is 109 Å². The van der Waals surface area contributed by atoms with E-state index < -0.39 is 0 Å². The Labute approximate surface area is 263 Å². The largest absolute Gasteiger partial charge is 0.227 e. The van der Waals surface area contributed by atoms with E-state index in [1.807, 2.05) is 48.5 Å². The molecule has 0 spiro atoms. The number of hydrogen-bond donors (Lipinski definition) is 0. The van der Waals surface area contributed by atoms with Crippen LogP contribution in [0.4, 0.5) is 0 Å². The van der Waals surface area contributed by atoms with Crippen LogP contribution < -0.4 is 0 Å². The highest BCUT2D eigenvalue weighted by atomic mass is 32.1. The molecule has 4 aromatic carbocycles. The molecule has 0 aliphatic rings. The molecule has 4 nitrogen and oxygen atoms in total. The molecular formula is C38H24N4S2. The fourth-order valence-electron chi connectivity index (χ4n) is 5.47. The molecule has 44 heavy (non-hydrogen) atoms. The number of benzene rings is 4. The summed E-state index contributed by atoms with van der Waals surface area (Å²) in [7, 11) is 0. The Hall–Kier alpha value is -5.30. The summed E-state index contributed by atoms with van der Waals surface area (Å²) in [4.78, 5) is 22.2. The second-order valence-electron chi connectivity index (χ2n) is 10.3. The molecule has 0 saturated carbocycles. The van der Waals surface area contributed by atoms with Crippen LogP contribution in [0, 0.1) is 0 Å². The first-order valence-electron chi connectivity index (χ1n) is 14.3. The summed E-state index contributed by atoms with van der Waals surface area (Å²) in [6, 6.07) is 45.9. The fraction of sp³-hybridized carbons (Fsp3) is 0. The first-order chi connectivity index (χ1) is 21.8. The summed E-state index contributed by atoms with van der Waals surface area (Å²) in [5.41, 5.74) is 7.80. The van der Waals surface area contributed by atoms with Crippen molar-refractivity contribution in [3.05, 3.63) is 144 Å². The van der Waals surface area contributed by atoms with Crippen molar-refractivity contribution in [2.75, 3.05) is 0 Å². The first-order valence-corrected chi connectivity index (χ1v) is 16.1. The number of rotatable bonds is 6. The van der Waals surface area contributed by atoms with E-state index in [4.69, 9.17) is 19.9 Å². The van der Waals surface area contributed by atoms with Gasteiger partial charge >= 0.3 is 0 Å². The zero-order chi connectivity index (χ0) is 29.3. The average molecular weight is 601 g/mol. The van der Waals surface area contributed by atoms with E-state index in [1.165, 1.54) is 0 Å².